The number of nitrogens with zero attached hydrogens (tertiary/aromatic N) is 7. The minimum atomic E-state index is -0.389. The van der Waals surface area contributed by atoms with Crippen molar-refractivity contribution < 1.29 is 14.4 Å². The third-order valence-corrected chi connectivity index (χ3v) is 12.0. The Bertz CT molecular complexity index is 2900. The number of benzene rings is 4. The van der Waals surface area contributed by atoms with Crippen LogP contribution in [0.1, 0.15) is 56.7 Å². The van der Waals surface area contributed by atoms with Crippen LogP contribution in [0.4, 0.5) is 16.3 Å². The van der Waals surface area contributed by atoms with E-state index in [1.165, 1.54) is 0 Å². The molecule has 9 rings (SSSR count). The molecule has 4 aromatic carbocycles. The summed E-state index contributed by atoms with van der Waals surface area (Å²) in [7, 11) is 1.87. The topological polar surface area (TPSA) is 127 Å². The molecule has 0 bridgehead atoms. The molecular weight excluding hydrogens is 811 g/mol. The van der Waals surface area contributed by atoms with Gasteiger partial charge in [-0.05, 0) is 72.1 Å². The molecule has 2 fully saturated rings. The molecule has 4 amide bonds. The number of rotatable bonds is 9. The number of urea groups is 1. The van der Waals surface area contributed by atoms with Gasteiger partial charge in [-0.25, -0.2) is 14.8 Å². The smallest absolute Gasteiger partial charge is 0.328 e. The highest BCUT2D eigenvalue weighted by molar-refractivity contribution is 6.05. The summed E-state index contributed by atoms with van der Waals surface area (Å²) in [4.78, 5) is 60.1. The van der Waals surface area contributed by atoms with Crippen LogP contribution < -0.4 is 15.5 Å². The molecule has 0 spiro atoms. The summed E-state index contributed by atoms with van der Waals surface area (Å²) >= 11 is 0. The molecule has 0 radical (unpaired) electrons. The summed E-state index contributed by atoms with van der Waals surface area (Å²) in [5.41, 5.74) is 8.96. The van der Waals surface area contributed by atoms with Gasteiger partial charge in [0, 0.05) is 111 Å². The van der Waals surface area contributed by atoms with Crippen molar-refractivity contribution in [2.24, 2.45) is 0 Å². The lowest BCUT2D eigenvalue weighted by molar-refractivity contribution is -0.120. The number of pyridine rings is 1. The molecule has 3 aliphatic heterocycles. The zero-order valence-corrected chi connectivity index (χ0v) is 36.4. The Hall–Kier alpha value is -7.64. The van der Waals surface area contributed by atoms with Gasteiger partial charge in [0.1, 0.15) is 5.82 Å². The van der Waals surface area contributed by atoms with E-state index in [0.717, 1.165) is 107 Å². The highest BCUT2D eigenvalue weighted by Gasteiger charge is 2.27. The summed E-state index contributed by atoms with van der Waals surface area (Å²) in [5.74, 6) is 14.3. The Labute approximate surface area is 379 Å². The quantitative estimate of drug-likeness (QED) is 0.117. The van der Waals surface area contributed by atoms with E-state index in [1.54, 1.807) is 11.1 Å². The van der Waals surface area contributed by atoms with Crippen LogP contribution in [0.25, 0.3) is 34.4 Å². The van der Waals surface area contributed by atoms with E-state index in [0.29, 0.717) is 43.9 Å². The van der Waals surface area contributed by atoms with E-state index >= 15 is 0 Å². The number of nitrogens with one attached hydrogen (secondary N) is 2. The van der Waals surface area contributed by atoms with Gasteiger partial charge in [-0.1, -0.05) is 84.4 Å². The second-order valence-corrected chi connectivity index (χ2v) is 16.3. The van der Waals surface area contributed by atoms with E-state index in [4.69, 9.17) is 9.97 Å². The molecule has 12 nitrogen and oxygen atoms in total. The first-order valence-electron chi connectivity index (χ1n) is 22.1. The molecule has 324 valence electrons. The highest BCUT2D eigenvalue weighted by Crippen LogP contribution is 2.29. The summed E-state index contributed by atoms with van der Waals surface area (Å²) in [6.45, 7) is 6.91. The molecule has 3 aliphatic rings. The first-order chi connectivity index (χ1) is 31.8. The van der Waals surface area contributed by atoms with E-state index in [-0.39, 0.29) is 17.8 Å². The molecule has 12 heteroatoms. The standard InChI is InChI=1S/C53H49N9O3/c1-54-51-46-24-28-61(37-48(46)56-50(58-51)44-35-43-11-2-3-13-47(43)55-36-44)52(64)42-22-20-40(21-23-42)19-18-39-16-14-38(15-17-39)10-7-27-60-32-30-59(31-33-60)26-5-4-8-41-9-6-12-45(34-41)62-29-25-49(63)57-53(62)65/h2-3,6,9,11-23,34-36H,5,24-33,37H2,1H3,(H,54,56,58)(H,57,63,65)/b19-18+. The van der Waals surface area contributed by atoms with Crippen LogP contribution in [0.5, 0.6) is 0 Å². The first kappa shape index (κ1) is 42.7. The maximum atomic E-state index is 13.7. The lowest BCUT2D eigenvalue weighted by Gasteiger charge is -2.33. The molecule has 6 aromatic rings. The fourth-order valence-corrected chi connectivity index (χ4v) is 8.29. The fraction of sp³-hybridized carbons (Fsp3) is 0.245. The molecule has 0 atom stereocenters. The molecule has 2 N–H and O–H groups in total. The van der Waals surface area contributed by atoms with Gasteiger partial charge >= 0.3 is 6.03 Å². The number of carbonyl (C=O) groups is 3. The number of fused-ring (bicyclic) bond motifs is 2. The number of imide groups is 1. The third kappa shape index (κ3) is 10.4. The van der Waals surface area contributed by atoms with Crippen LogP contribution in [-0.2, 0) is 17.8 Å². The van der Waals surface area contributed by atoms with E-state index in [2.05, 4.69) is 91.6 Å². The summed E-state index contributed by atoms with van der Waals surface area (Å²) < 4.78 is 0. The van der Waals surface area contributed by atoms with Crippen molar-refractivity contribution in [1.82, 2.24) is 35.0 Å². The van der Waals surface area contributed by atoms with E-state index in [9.17, 15) is 14.4 Å². The van der Waals surface area contributed by atoms with Gasteiger partial charge in [0.05, 0.1) is 24.3 Å². The Balaban J connectivity index is 0.717. The number of hydrogen-bond acceptors (Lipinski definition) is 9. The number of hydrogen-bond donors (Lipinski definition) is 2. The lowest BCUT2D eigenvalue weighted by atomic mass is 10.0. The Morgan fingerprint density at radius 3 is 2.31 bits per heavy atom. The van der Waals surface area contributed by atoms with Crippen LogP contribution in [0.2, 0.25) is 0 Å². The average molecular weight is 860 g/mol. The van der Waals surface area contributed by atoms with Crippen molar-refractivity contribution >= 4 is 52.4 Å². The van der Waals surface area contributed by atoms with Crippen molar-refractivity contribution in [3.8, 4) is 35.1 Å². The Morgan fingerprint density at radius 2 is 1.52 bits per heavy atom. The van der Waals surface area contributed by atoms with Crippen LogP contribution in [0.15, 0.2) is 109 Å². The van der Waals surface area contributed by atoms with Crippen LogP contribution >= 0.6 is 0 Å². The van der Waals surface area contributed by atoms with Crippen molar-refractivity contribution in [3.05, 3.63) is 148 Å². The molecule has 5 heterocycles. The number of para-hydroxylation sites is 1. The predicted molar refractivity (Wildman–Crippen MR) is 256 cm³/mol. The Morgan fingerprint density at radius 1 is 0.769 bits per heavy atom. The molecule has 0 saturated carbocycles. The zero-order chi connectivity index (χ0) is 44.5. The summed E-state index contributed by atoms with van der Waals surface area (Å²) in [6.07, 6.45) is 7.66. The second-order valence-electron chi connectivity index (χ2n) is 16.3. The minimum absolute atomic E-state index is 0.0187. The average Bonchev–Trinajstić information content (AvgIpc) is 3.35. The van der Waals surface area contributed by atoms with Gasteiger partial charge in [-0.3, -0.25) is 34.6 Å². The van der Waals surface area contributed by atoms with E-state index in [1.807, 2.05) is 84.7 Å². The summed E-state index contributed by atoms with van der Waals surface area (Å²) in [6, 6.07) is 33.2. The number of carbonyl (C=O) groups excluding carboxylic acids is 3. The molecule has 2 aromatic heterocycles. The minimum Gasteiger partial charge on any atom is -0.373 e. The van der Waals surface area contributed by atoms with Gasteiger partial charge in [0.15, 0.2) is 5.82 Å². The van der Waals surface area contributed by atoms with Gasteiger partial charge in [0.25, 0.3) is 5.91 Å². The van der Waals surface area contributed by atoms with Crippen molar-refractivity contribution in [1.29, 1.82) is 0 Å². The van der Waals surface area contributed by atoms with Gasteiger partial charge < -0.3 is 10.2 Å². The lowest BCUT2D eigenvalue weighted by Crippen LogP contribution is -2.49. The van der Waals surface area contributed by atoms with Crippen molar-refractivity contribution in [3.63, 3.8) is 0 Å². The molecule has 2 saturated heterocycles. The molecular formula is C53H49N9O3. The van der Waals surface area contributed by atoms with Gasteiger partial charge in [-0.2, -0.15) is 0 Å². The molecule has 0 unspecified atom stereocenters. The number of anilines is 2. The van der Waals surface area contributed by atoms with Crippen molar-refractivity contribution in [2.45, 2.75) is 25.8 Å². The monoisotopic (exact) mass is 859 g/mol. The van der Waals surface area contributed by atoms with Crippen LogP contribution in [-0.4, -0.2) is 107 Å². The highest BCUT2D eigenvalue weighted by atomic mass is 16.2. The van der Waals surface area contributed by atoms with Gasteiger partial charge in [0.2, 0.25) is 5.91 Å². The predicted octanol–water partition coefficient (Wildman–Crippen LogP) is 6.96. The van der Waals surface area contributed by atoms with E-state index < -0.39 is 0 Å². The molecule has 65 heavy (non-hydrogen) atoms. The maximum Gasteiger partial charge on any atom is 0.328 e. The summed E-state index contributed by atoms with van der Waals surface area (Å²) in [5, 5.41) is 6.64. The normalized spacial score (nSPS) is 15.5. The zero-order valence-electron chi connectivity index (χ0n) is 36.4. The van der Waals surface area contributed by atoms with Crippen molar-refractivity contribution in [2.75, 3.05) is 69.6 Å². The second kappa shape index (κ2) is 19.8. The fourth-order valence-electron chi connectivity index (χ4n) is 8.29. The number of amides is 4. The number of aromatic nitrogens is 3. The molecule has 0 aliphatic carbocycles. The third-order valence-electron chi connectivity index (χ3n) is 12.0. The number of piperazine rings is 1. The largest absolute Gasteiger partial charge is 0.373 e. The first-order valence-corrected chi connectivity index (χ1v) is 22.1. The SMILES string of the molecule is CNc1nc(-c2cnc3ccccc3c2)nc2c1CCN(C(=O)c1ccc(/C=C/c3ccc(C#CCN4CCN(CCC#Cc5cccc(N6CCC(=O)NC6=O)c5)CC4)cc3)cc1)C2. The van der Waals surface area contributed by atoms with Crippen LogP contribution in [0, 0.1) is 23.7 Å². The van der Waals surface area contributed by atoms with Crippen LogP contribution in [0.3, 0.4) is 0 Å². The maximum absolute atomic E-state index is 13.7. The Kier molecular flexibility index (Phi) is 13.0. The van der Waals surface area contributed by atoms with Gasteiger partial charge in [-0.15, -0.1) is 0 Å².